The van der Waals surface area contributed by atoms with Crippen molar-refractivity contribution in [1.82, 2.24) is 4.90 Å². The largest absolute Gasteiger partial charge is 0.493 e. The molecule has 2 heterocycles. The molecule has 0 amide bonds. The van der Waals surface area contributed by atoms with Crippen LogP contribution in [0.5, 0.6) is 17.2 Å². The van der Waals surface area contributed by atoms with E-state index in [1.807, 2.05) is 30.3 Å². The van der Waals surface area contributed by atoms with Gasteiger partial charge in [0.15, 0.2) is 11.5 Å². The maximum Gasteiger partial charge on any atom is 0.231 e. The number of hydrogen-bond acceptors (Lipinski definition) is 4. The van der Waals surface area contributed by atoms with Crippen LogP contribution in [0, 0.1) is 17.7 Å². The second kappa shape index (κ2) is 10.1. The molecule has 2 atom stereocenters. The molecule has 1 fully saturated rings. The van der Waals surface area contributed by atoms with Crippen molar-refractivity contribution in [3.8, 4) is 17.2 Å². The number of halogens is 2. The van der Waals surface area contributed by atoms with Crippen LogP contribution in [0.15, 0.2) is 54.7 Å². The van der Waals surface area contributed by atoms with Crippen LogP contribution in [0.1, 0.15) is 31.7 Å². The van der Waals surface area contributed by atoms with E-state index in [1.165, 1.54) is 5.56 Å². The highest BCUT2D eigenvalue weighted by molar-refractivity contribution is 5.85. The first-order chi connectivity index (χ1) is 14.1. The number of likely N-dealkylation sites (tertiary alicyclic amines) is 1. The van der Waals surface area contributed by atoms with Crippen LogP contribution in [-0.2, 0) is 0 Å². The van der Waals surface area contributed by atoms with Crippen molar-refractivity contribution < 1.29 is 18.6 Å². The van der Waals surface area contributed by atoms with Crippen LogP contribution in [-0.4, -0.2) is 31.4 Å². The molecule has 2 aliphatic rings. The van der Waals surface area contributed by atoms with Gasteiger partial charge in [0.1, 0.15) is 11.6 Å². The first-order valence-electron chi connectivity index (χ1n) is 10.3. The van der Waals surface area contributed by atoms with Crippen LogP contribution >= 0.6 is 12.4 Å². The lowest BCUT2D eigenvalue weighted by molar-refractivity contribution is 0.141. The lowest BCUT2D eigenvalue weighted by Crippen LogP contribution is -2.39. The van der Waals surface area contributed by atoms with E-state index in [-0.39, 0.29) is 25.0 Å². The van der Waals surface area contributed by atoms with Crippen LogP contribution < -0.4 is 14.2 Å². The molecule has 4 nitrogen and oxygen atoms in total. The van der Waals surface area contributed by atoms with Crippen molar-refractivity contribution in [1.29, 1.82) is 0 Å². The molecule has 0 aromatic heterocycles. The number of fused-ring (bicyclic) bond motifs is 1. The van der Waals surface area contributed by atoms with Gasteiger partial charge in [-0.2, -0.15) is 0 Å². The Morgan fingerprint density at radius 2 is 1.90 bits per heavy atom. The molecule has 4 rings (SSSR count). The molecule has 2 aliphatic heterocycles. The van der Waals surface area contributed by atoms with Crippen molar-refractivity contribution in [3.63, 3.8) is 0 Å². The number of ether oxygens (including phenoxy) is 3. The average molecular weight is 434 g/mol. The lowest BCUT2D eigenvalue weighted by atomic mass is 9.81. The van der Waals surface area contributed by atoms with Crippen LogP contribution in [0.4, 0.5) is 4.39 Å². The molecule has 0 radical (unpaired) electrons. The van der Waals surface area contributed by atoms with E-state index >= 15 is 0 Å². The first kappa shape index (κ1) is 22.3. The Morgan fingerprint density at radius 3 is 2.67 bits per heavy atom. The van der Waals surface area contributed by atoms with Gasteiger partial charge in [0.05, 0.1) is 6.61 Å². The molecule has 1 saturated heterocycles. The van der Waals surface area contributed by atoms with Gasteiger partial charge in [-0.25, -0.2) is 4.39 Å². The highest BCUT2D eigenvalue weighted by Crippen LogP contribution is 2.37. The van der Waals surface area contributed by atoms with Crippen LogP contribution in [0.3, 0.4) is 0 Å². The first-order valence-corrected chi connectivity index (χ1v) is 10.3. The van der Waals surface area contributed by atoms with Gasteiger partial charge >= 0.3 is 0 Å². The summed E-state index contributed by atoms with van der Waals surface area (Å²) in [6.45, 7) is 7.12. The quantitative estimate of drug-likeness (QED) is 0.590. The summed E-state index contributed by atoms with van der Waals surface area (Å²) in [5, 5.41) is 0. The zero-order valence-electron chi connectivity index (χ0n) is 17.4. The summed E-state index contributed by atoms with van der Waals surface area (Å²) < 4.78 is 30.4. The molecule has 2 aromatic rings. The van der Waals surface area contributed by atoms with E-state index in [2.05, 4.69) is 31.0 Å². The third-order valence-electron chi connectivity index (χ3n) is 5.55. The number of hydrogen-bond donors (Lipinski definition) is 0. The minimum absolute atomic E-state index is 0. The number of nitrogens with zero attached hydrogens (tertiary/aromatic N) is 1. The number of piperidine rings is 1. The van der Waals surface area contributed by atoms with Gasteiger partial charge in [0.2, 0.25) is 6.79 Å². The molecule has 0 bridgehead atoms. The minimum Gasteiger partial charge on any atom is -0.493 e. The van der Waals surface area contributed by atoms with E-state index in [9.17, 15) is 4.39 Å². The maximum atomic E-state index is 13.4. The third kappa shape index (κ3) is 5.39. The predicted molar refractivity (Wildman–Crippen MR) is 118 cm³/mol. The zero-order chi connectivity index (χ0) is 20.2. The highest BCUT2D eigenvalue weighted by atomic mass is 35.5. The fourth-order valence-electron chi connectivity index (χ4n) is 3.98. The zero-order valence-corrected chi connectivity index (χ0v) is 18.2. The Kier molecular flexibility index (Phi) is 7.48. The third-order valence-corrected chi connectivity index (χ3v) is 5.55. The molecular weight excluding hydrogens is 405 g/mol. The van der Waals surface area contributed by atoms with E-state index in [1.54, 1.807) is 12.1 Å². The van der Waals surface area contributed by atoms with E-state index in [4.69, 9.17) is 14.2 Å². The van der Waals surface area contributed by atoms with E-state index in [0.29, 0.717) is 24.4 Å². The standard InChI is InChI=1S/C24H28FNO3.ClH/c1-17(2)9-11-26-12-10-22(18-3-5-20(25)6-4-18)19(14-26)15-27-21-7-8-23-24(13-21)29-16-28-23;/h3-9,11,13,17,19,22H,10,12,14-16H2,1-2H3;1H/b11-9+;/t19-,22-;/m1./s1. The predicted octanol–water partition coefficient (Wildman–Crippen LogP) is 5.63. The summed E-state index contributed by atoms with van der Waals surface area (Å²) in [6.07, 6.45) is 5.45. The van der Waals surface area contributed by atoms with Crippen molar-refractivity contribution in [2.24, 2.45) is 11.8 Å². The van der Waals surface area contributed by atoms with Crippen LogP contribution in [0.25, 0.3) is 0 Å². The number of allylic oxidation sites excluding steroid dienone is 1. The molecule has 162 valence electrons. The van der Waals surface area contributed by atoms with Crippen molar-refractivity contribution >= 4 is 12.4 Å². The molecular formula is C24H29ClFNO3. The smallest absolute Gasteiger partial charge is 0.231 e. The maximum absolute atomic E-state index is 13.4. The molecule has 30 heavy (non-hydrogen) atoms. The second-order valence-electron chi connectivity index (χ2n) is 8.11. The molecule has 0 spiro atoms. The summed E-state index contributed by atoms with van der Waals surface area (Å²) in [5.41, 5.74) is 1.18. The lowest BCUT2D eigenvalue weighted by Gasteiger charge is -2.38. The van der Waals surface area contributed by atoms with Crippen molar-refractivity contribution in [2.75, 3.05) is 26.5 Å². The summed E-state index contributed by atoms with van der Waals surface area (Å²) in [6, 6.07) is 12.6. The second-order valence-corrected chi connectivity index (χ2v) is 8.11. The van der Waals surface area contributed by atoms with Gasteiger partial charge in [0, 0.05) is 25.1 Å². The molecule has 0 saturated carbocycles. The van der Waals surface area contributed by atoms with E-state index < -0.39 is 0 Å². The Bertz CT molecular complexity index is 856. The van der Waals surface area contributed by atoms with Crippen LogP contribution in [0.2, 0.25) is 0 Å². The fraction of sp³-hybridized carbons (Fsp3) is 0.417. The van der Waals surface area contributed by atoms with Gasteiger partial charge in [0.25, 0.3) is 0 Å². The Labute approximate surface area is 184 Å². The fourth-order valence-corrected chi connectivity index (χ4v) is 3.98. The van der Waals surface area contributed by atoms with Gasteiger partial charge in [-0.15, -0.1) is 12.4 Å². The summed E-state index contributed by atoms with van der Waals surface area (Å²) in [7, 11) is 0. The Hall–Kier alpha value is -2.40. The molecule has 2 aromatic carbocycles. The minimum atomic E-state index is -0.195. The number of rotatable bonds is 6. The topological polar surface area (TPSA) is 30.9 Å². The Balaban J connectivity index is 0.00000256. The SMILES string of the molecule is CC(C)/C=C/N1CC[C@H](c2ccc(F)cc2)[C@@H](COc2ccc3c(c2)OCO3)C1.Cl. The molecule has 0 unspecified atom stereocenters. The molecule has 0 N–H and O–H groups in total. The monoisotopic (exact) mass is 433 g/mol. The summed E-state index contributed by atoms with van der Waals surface area (Å²) in [4.78, 5) is 2.37. The molecule has 6 heteroatoms. The van der Waals surface area contributed by atoms with Gasteiger partial charge in [-0.05, 0) is 54.3 Å². The molecule has 0 aliphatic carbocycles. The van der Waals surface area contributed by atoms with Crippen molar-refractivity contribution in [2.45, 2.75) is 26.2 Å². The summed E-state index contributed by atoms with van der Waals surface area (Å²) in [5.74, 6) is 3.23. The normalized spacial score (nSPS) is 20.5. The Morgan fingerprint density at radius 1 is 1.13 bits per heavy atom. The summed E-state index contributed by atoms with van der Waals surface area (Å²) >= 11 is 0. The number of benzene rings is 2. The van der Waals surface area contributed by atoms with Gasteiger partial charge in [-0.1, -0.05) is 32.1 Å². The van der Waals surface area contributed by atoms with Crippen molar-refractivity contribution in [3.05, 3.63) is 66.1 Å². The van der Waals surface area contributed by atoms with Gasteiger partial charge < -0.3 is 19.1 Å². The van der Waals surface area contributed by atoms with E-state index in [0.717, 1.165) is 36.8 Å². The highest BCUT2D eigenvalue weighted by Gasteiger charge is 2.30. The van der Waals surface area contributed by atoms with Gasteiger partial charge in [-0.3, -0.25) is 0 Å². The average Bonchev–Trinajstić information content (AvgIpc) is 3.19.